The molecule has 0 saturated heterocycles. The van der Waals surface area contributed by atoms with E-state index in [2.05, 4.69) is 15.3 Å². The molecule has 8 nitrogen and oxygen atoms in total. The van der Waals surface area contributed by atoms with Crippen LogP contribution in [-0.4, -0.2) is 21.8 Å². The van der Waals surface area contributed by atoms with E-state index in [0.717, 1.165) is 12.8 Å². The summed E-state index contributed by atoms with van der Waals surface area (Å²) in [7, 11) is 0. The van der Waals surface area contributed by atoms with E-state index in [0.29, 0.717) is 22.7 Å². The molecule has 0 aliphatic heterocycles. The zero-order chi connectivity index (χ0) is 21.3. The van der Waals surface area contributed by atoms with Crippen molar-refractivity contribution in [1.82, 2.24) is 9.97 Å². The summed E-state index contributed by atoms with van der Waals surface area (Å²) in [5.74, 6) is 0.213. The highest BCUT2D eigenvalue weighted by Crippen LogP contribution is 2.32. The van der Waals surface area contributed by atoms with Crippen molar-refractivity contribution in [3.05, 3.63) is 60.0 Å². The van der Waals surface area contributed by atoms with Crippen LogP contribution in [0.1, 0.15) is 42.1 Å². The fraction of sp³-hybridized carbons (Fsp3) is 0.238. The number of rotatable bonds is 7. The Kier molecular flexibility index (Phi) is 5.18. The second-order valence-corrected chi connectivity index (χ2v) is 7.04. The predicted molar refractivity (Wildman–Crippen MR) is 105 cm³/mol. The number of halogens is 1. The lowest BCUT2D eigenvalue weighted by molar-refractivity contribution is 0.0962. The molecule has 3 aromatic rings. The first-order valence-electron chi connectivity index (χ1n) is 9.39. The molecule has 3 N–H and O–H groups in total. The first kappa shape index (κ1) is 19.6. The minimum Gasteiger partial charge on any atom is -0.483 e. The van der Waals surface area contributed by atoms with Gasteiger partial charge in [0.15, 0.2) is 5.78 Å². The van der Waals surface area contributed by atoms with E-state index in [9.17, 15) is 14.0 Å². The zero-order valence-corrected chi connectivity index (χ0v) is 16.1. The lowest BCUT2D eigenvalue weighted by atomic mass is 10.2. The van der Waals surface area contributed by atoms with Crippen molar-refractivity contribution >= 4 is 17.5 Å². The Morgan fingerprint density at radius 3 is 2.73 bits per heavy atom. The number of Topliss-reactive ketones (excluding diaryl/α,β-unsaturated/α-hetero) is 1. The normalized spacial score (nSPS) is 14.2. The highest BCUT2D eigenvalue weighted by molar-refractivity contribution is 5.97. The standard InChI is InChI=1S/C21H19FN4O4/c1-11(30-14-5-7-17(24-9-14)19(27)12-2-3-12)18-10-29-20(25-18)13-4-6-16(15(22)8-13)26-21(23)28/h4-12H,2-3H2,1H3,(H3,23,26,28). The molecule has 154 valence electrons. The van der Waals surface area contributed by atoms with Gasteiger partial charge in [-0.15, -0.1) is 0 Å². The number of benzene rings is 1. The van der Waals surface area contributed by atoms with Crippen LogP contribution in [0.3, 0.4) is 0 Å². The average molecular weight is 410 g/mol. The molecule has 0 spiro atoms. The highest BCUT2D eigenvalue weighted by Gasteiger charge is 2.31. The lowest BCUT2D eigenvalue weighted by Crippen LogP contribution is -2.19. The SMILES string of the molecule is CC(Oc1ccc(C(=O)C2CC2)nc1)c1coc(-c2ccc(NC(N)=O)c(F)c2)n1. The molecular formula is C21H19FN4O4. The fourth-order valence-corrected chi connectivity index (χ4v) is 2.90. The number of carbonyl (C=O) groups is 2. The summed E-state index contributed by atoms with van der Waals surface area (Å²) in [4.78, 5) is 31.4. The van der Waals surface area contributed by atoms with Crippen molar-refractivity contribution in [3.63, 3.8) is 0 Å². The van der Waals surface area contributed by atoms with Gasteiger partial charge in [0.25, 0.3) is 0 Å². The van der Waals surface area contributed by atoms with E-state index in [4.69, 9.17) is 14.9 Å². The van der Waals surface area contributed by atoms with E-state index in [1.165, 1.54) is 24.6 Å². The van der Waals surface area contributed by atoms with Gasteiger partial charge in [0, 0.05) is 11.5 Å². The molecule has 1 fully saturated rings. The summed E-state index contributed by atoms with van der Waals surface area (Å²) in [5, 5.41) is 2.19. The van der Waals surface area contributed by atoms with Crippen LogP contribution in [0.4, 0.5) is 14.9 Å². The number of hydrogen-bond donors (Lipinski definition) is 2. The Labute approximate surface area is 171 Å². The summed E-state index contributed by atoms with van der Waals surface area (Å²) in [6, 6.07) is 6.60. The summed E-state index contributed by atoms with van der Waals surface area (Å²) in [6.07, 6.45) is 4.32. The molecule has 1 aromatic carbocycles. The lowest BCUT2D eigenvalue weighted by Gasteiger charge is -2.11. The van der Waals surface area contributed by atoms with Crippen molar-refractivity contribution in [2.24, 2.45) is 11.7 Å². The molecule has 2 heterocycles. The summed E-state index contributed by atoms with van der Waals surface area (Å²) in [6.45, 7) is 1.78. The molecule has 1 unspecified atom stereocenters. The van der Waals surface area contributed by atoms with Crippen LogP contribution in [0.25, 0.3) is 11.5 Å². The predicted octanol–water partition coefficient (Wildman–Crippen LogP) is 4.10. The third-order valence-corrected chi connectivity index (χ3v) is 4.66. The van der Waals surface area contributed by atoms with Crippen LogP contribution in [0.5, 0.6) is 5.75 Å². The van der Waals surface area contributed by atoms with Crippen molar-refractivity contribution in [3.8, 4) is 17.2 Å². The Morgan fingerprint density at radius 1 is 1.30 bits per heavy atom. The van der Waals surface area contributed by atoms with E-state index in [1.54, 1.807) is 25.1 Å². The minimum atomic E-state index is -0.856. The van der Waals surface area contributed by atoms with Crippen LogP contribution in [0.15, 0.2) is 47.2 Å². The van der Waals surface area contributed by atoms with Crippen LogP contribution < -0.4 is 15.8 Å². The van der Waals surface area contributed by atoms with Gasteiger partial charge in [-0.1, -0.05) is 0 Å². The number of nitrogens with one attached hydrogen (secondary N) is 1. The number of ether oxygens (including phenoxy) is 1. The second kappa shape index (κ2) is 7.94. The van der Waals surface area contributed by atoms with E-state index >= 15 is 0 Å². The van der Waals surface area contributed by atoms with Gasteiger partial charge in [0.05, 0.1) is 11.9 Å². The third-order valence-electron chi connectivity index (χ3n) is 4.66. The van der Waals surface area contributed by atoms with Gasteiger partial charge in [0.1, 0.15) is 35.3 Å². The summed E-state index contributed by atoms with van der Waals surface area (Å²) in [5.41, 5.74) is 6.30. The molecule has 1 aliphatic carbocycles. The van der Waals surface area contributed by atoms with Gasteiger partial charge in [-0.25, -0.2) is 19.2 Å². The van der Waals surface area contributed by atoms with E-state index in [-0.39, 0.29) is 23.3 Å². The maximum Gasteiger partial charge on any atom is 0.316 e. The van der Waals surface area contributed by atoms with Crippen LogP contribution in [0.2, 0.25) is 0 Å². The minimum absolute atomic E-state index is 0.0363. The number of urea groups is 1. The summed E-state index contributed by atoms with van der Waals surface area (Å²) >= 11 is 0. The number of hydrogen-bond acceptors (Lipinski definition) is 6. The van der Waals surface area contributed by atoms with Gasteiger partial charge in [-0.3, -0.25) is 4.79 Å². The molecule has 2 aromatic heterocycles. The second-order valence-electron chi connectivity index (χ2n) is 7.04. The number of nitrogens with zero attached hydrogens (tertiary/aromatic N) is 2. The zero-order valence-electron chi connectivity index (χ0n) is 16.1. The summed E-state index contributed by atoms with van der Waals surface area (Å²) < 4.78 is 25.4. The molecule has 1 aliphatic rings. The van der Waals surface area contributed by atoms with Crippen molar-refractivity contribution in [2.45, 2.75) is 25.9 Å². The van der Waals surface area contributed by atoms with Gasteiger partial charge in [0.2, 0.25) is 5.89 Å². The van der Waals surface area contributed by atoms with Gasteiger partial charge >= 0.3 is 6.03 Å². The van der Waals surface area contributed by atoms with Gasteiger partial charge < -0.3 is 20.2 Å². The smallest absolute Gasteiger partial charge is 0.316 e. The number of oxazole rings is 1. The third kappa shape index (κ3) is 4.29. The Balaban J connectivity index is 1.43. The molecule has 2 amide bonds. The molecule has 0 bridgehead atoms. The number of anilines is 1. The molecular weight excluding hydrogens is 391 g/mol. The Bertz CT molecular complexity index is 1090. The largest absolute Gasteiger partial charge is 0.483 e. The first-order valence-corrected chi connectivity index (χ1v) is 9.39. The average Bonchev–Trinajstić information content (AvgIpc) is 3.45. The molecule has 4 rings (SSSR count). The molecule has 0 radical (unpaired) electrons. The van der Waals surface area contributed by atoms with Crippen LogP contribution in [0, 0.1) is 11.7 Å². The van der Waals surface area contributed by atoms with Crippen molar-refractivity contribution < 1.29 is 23.1 Å². The van der Waals surface area contributed by atoms with E-state index in [1.807, 2.05) is 0 Å². The fourth-order valence-electron chi connectivity index (χ4n) is 2.90. The molecule has 30 heavy (non-hydrogen) atoms. The van der Waals surface area contributed by atoms with Crippen molar-refractivity contribution in [2.75, 3.05) is 5.32 Å². The topological polar surface area (TPSA) is 120 Å². The highest BCUT2D eigenvalue weighted by atomic mass is 19.1. The van der Waals surface area contributed by atoms with Crippen molar-refractivity contribution in [1.29, 1.82) is 0 Å². The maximum absolute atomic E-state index is 14.1. The Morgan fingerprint density at radius 2 is 2.10 bits per heavy atom. The van der Waals surface area contributed by atoms with Gasteiger partial charge in [-0.05, 0) is 50.1 Å². The molecule has 1 atom stereocenters. The number of carbonyl (C=O) groups excluding carboxylic acids is 2. The number of primary amides is 1. The maximum atomic E-state index is 14.1. The number of nitrogens with two attached hydrogens (primary N) is 1. The number of pyridine rings is 1. The van der Waals surface area contributed by atoms with E-state index < -0.39 is 18.0 Å². The number of amides is 2. The van der Waals surface area contributed by atoms with Gasteiger partial charge in [-0.2, -0.15) is 0 Å². The quantitative estimate of drug-likeness (QED) is 0.566. The monoisotopic (exact) mass is 410 g/mol. The number of ketones is 1. The molecule has 9 heteroatoms. The van der Waals surface area contributed by atoms with Crippen LogP contribution in [-0.2, 0) is 0 Å². The van der Waals surface area contributed by atoms with Crippen LogP contribution >= 0.6 is 0 Å². The first-order chi connectivity index (χ1) is 14.4. The molecule has 1 saturated carbocycles. The Hall–Kier alpha value is -3.75. The number of aromatic nitrogens is 2.